The largest absolute Gasteiger partial charge is 0.493 e. The van der Waals surface area contributed by atoms with Crippen molar-refractivity contribution in [2.75, 3.05) is 14.2 Å². The highest BCUT2D eigenvalue weighted by Gasteiger charge is 2.22. The number of pyridine rings is 2. The third-order valence-corrected chi connectivity index (χ3v) is 6.86. The zero-order valence-corrected chi connectivity index (χ0v) is 20.3. The second-order valence-corrected chi connectivity index (χ2v) is 8.97. The van der Waals surface area contributed by atoms with Gasteiger partial charge >= 0.3 is 0 Å². The second kappa shape index (κ2) is 8.18. The minimum absolute atomic E-state index is 0.196. The van der Waals surface area contributed by atoms with Gasteiger partial charge in [-0.05, 0) is 48.5 Å². The zero-order chi connectivity index (χ0) is 24.3. The van der Waals surface area contributed by atoms with Crippen LogP contribution in [0.1, 0.15) is 5.56 Å². The number of ether oxygens (including phenoxy) is 3. The van der Waals surface area contributed by atoms with Gasteiger partial charge in [0, 0.05) is 38.0 Å². The number of nitrogens with zero attached hydrogens (tertiary/aromatic N) is 2. The van der Waals surface area contributed by atoms with Gasteiger partial charge in [-0.2, -0.15) is 0 Å². The Kier molecular flexibility index (Phi) is 5.09. The molecule has 0 saturated carbocycles. The number of hydrogen-bond donors (Lipinski definition) is 0. The topological polar surface area (TPSA) is 62.1 Å². The summed E-state index contributed by atoms with van der Waals surface area (Å²) in [6, 6.07) is 16.5. The molecule has 0 saturated heterocycles. The smallest absolute Gasteiger partial charge is 0.267 e. The van der Waals surface area contributed by atoms with E-state index in [9.17, 15) is 4.79 Å². The van der Waals surface area contributed by atoms with Gasteiger partial charge in [0.15, 0.2) is 11.5 Å². The number of fused-ring (bicyclic) bond motifs is 5. The van der Waals surface area contributed by atoms with Gasteiger partial charge < -0.3 is 14.2 Å². The molecule has 174 valence electrons. The van der Waals surface area contributed by atoms with E-state index in [1.807, 2.05) is 36.4 Å². The third-order valence-electron chi connectivity index (χ3n) is 6.27. The molecule has 8 heteroatoms. The molecule has 0 N–H and O–H groups in total. The Bertz CT molecular complexity index is 1830. The first-order chi connectivity index (χ1) is 17.0. The fourth-order valence-corrected chi connectivity index (χ4v) is 5.15. The summed E-state index contributed by atoms with van der Waals surface area (Å²) in [5.74, 6) is 1.54. The molecular weight excluding hydrogens is 487 g/mol. The van der Waals surface area contributed by atoms with E-state index in [1.54, 1.807) is 35.9 Å². The molecule has 6 aromatic rings. The summed E-state index contributed by atoms with van der Waals surface area (Å²) < 4.78 is 18.8. The first kappa shape index (κ1) is 21.8. The highest BCUT2D eigenvalue weighted by atomic mass is 35.5. The minimum Gasteiger partial charge on any atom is -0.493 e. The molecule has 0 atom stereocenters. The van der Waals surface area contributed by atoms with Gasteiger partial charge in [-0.3, -0.25) is 14.2 Å². The van der Waals surface area contributed by atoms with Crippen molar-refractivity contribution in [2.45, 2.75) is 6.61 Å². The molecule has 3 aromatic carbocycles. The Morgan fingerprint density at radius 3 is 2.54 bits per heavy atom. The normalized spacial score (nSPS) is 11.7. The zero-order valence-electron chi connectivity index (χ0n) is 18.8. The first-order valence-electron chi connectivity index (χ1n) is 10.8. The molecule has 0 aliphatic carbocycles. The summed E-state index contributed by atoms with van der Waals surface area (Å²) in [6.45, 7) is 0.286. The van der Waals surface area contributed by atoms with Crippen LogP contribution in [0.15, 0.2) is 65.6 Å². The lowest BCUT2D eigenvalue weighted by atomic mass is 10.1. The van der Waals surface area contributed by atoms with Crippen molar-refractivity contribution in [1.29, 1.82) is 0 Å². The molecule has 0 radical (unpaired) electrons. The van der Waals surface area contributed by atoms with E-state index in [4.69, 9.17) is 37.4 Å². The summed E-state index contributed by atoms with van der Waals surface area (Å²) in [4.78, 5) is 18.4. The lowest BCUT2D eigenvalue weighted by Crippen LogP contribution is -2.14. The molecule has 0 amide bonds. The molecule has 0 aliphatic heterocycles. The lowest BCUT2D eigenvalue weighted by Gasteiger charge is -2.12. The highest BCUT2D eigenvalue weighted by molar-refractivity contribution is 6.35. The number of aromatic nitrogens is 2. The van der Waals surface area contributed by atoms with Crippen molar-refractivity contribution in [2.24, 2.45) is 0 Å². The molecule has 6 rings (SSSR count). The van der Waals surface area contributed by atoms with Crippen LogP contribution in [0, 0.1) is 0 Å². The van der Waals surface area contributed by atoms with E-state index in [0.29, 0.717) is 43.6 Å². The molecule has 0 spiro atoms. The van der Waals surface area contributed by atoms with E-state index in [0.717, 1.165) is 27.4 Å². The molecule has 0 unspecified atom stereocenters. The van der Waals surface area contributed by atoms with Crippen LogP contribution in [0.3, 0.4) is 0 Å². The average Bonchev–Trinajstić information content (AvgIpc) is 3.20. The molecule has 0 fully saturated rings. The van der Waals surface area contributed by atoms with Crippen LogP contribution in [-0.4, -0.2) is 23.6 Å². The minimum atomic E-state index is -0.196. The predicted molar refractivity (Wildman–Crippen MR) is 139 cm³/mol. The number of hydrogen-bond acceptors (Lipinski definition) is 5. The predicted octanol–water partition coefficient (Wildman–Crippen LogP) is 6.49. The highest BCUT2D eigenvalue weighted by Crippen LogP contribution is 2.39. The van der Waals surface area contributed by atoms with Gasteiger partial charge in [0.2, 0.25) is 0 Å². The maximum Gasteiger partial charge on any atom is 0.267 e. The van der Waals surface area contributed by atoms with Crippen LogP contribution < -0.4 is 19.8 Å². The fraction of sp³-hybridized carbons (Fsp3) is 0.111. The Balaban J connectivity index is 1.58. The maximum absolute atomic E-state index is 13.8. The number of methoxy groups -OCH3 is 2. The summed E-state index contributed by atoms with van der Waals surface area (Å²) >= 11 is 12.3. The SMILES string of the molecule is COc1ccc2c(c1OC)c(=O)n1c3ccc(OCc4ccc(Cl)cc4Cl)cc3c3ccnc2c31. The number of halogens is 2. The van der Waals surface area contributed by atoms with Gasteiger partial charge in [0.05, 0.1) is 36.2 Å². The van der Waals surface area contributed by atoms with Crippen molar-refractivity contribution >= 4 is 61.3 Å². The average molecular weight is 505 g/mol. The second-order valence-electron chi connectivity index (χ2n) is 8.12. The summed E-state index contributed by atoms with van der Waals surface area (Å²) in [5, 5.41) is 4.05. The molecule has 35 heavy (non-hydrogen) atoms. The fourth-order valence-electron chi connectivity index (χ4n) is 4.69. The van der Waals surface area contributed by atoms with Gasteiger partial charge in [0.1, 0.15) is 12.4 Å². The van der Waals surface area contributed by atoms with Gasteiger partial charge in [-0.25, -0.2) is 0 Å². The summed E-state index contributed by atoms with van der Waals surface area (Å²) in [6.07, 6.45) is 1.75. The number of benzene rings is 3. The lowest BCUT2D eigenvalue weighted by molar-refractivity contribution is 0.307. The third kappa shape index (κ3) is 3.25. The van der Waals surface area contributed by atoms with Crippen molar-refractivity contribution < 1.29 is 14.2 Å². The van der Waals surface area contributed by atoms with Crippen LogP contribution in [0.4, 0.5) is 0 Å². The Morgan fingerprint density at radius 1 is 0.914 bits per heavy atom. The molecule has 0 aliphatic rings. The maximum atomic E-state index is 13.8. The standard InChI is InChI=1S/C27H18Cl2N2O4/c1-33-22-8-6-18-23(26(22)34-2)27(32)31-21-7-5-16(35-13-14-3-4-15(28)11-20(14)29)12-19(21)17-9-10-30-24(18)25(17)31/h3-12H,13H2,1-2H3. The van der Waals surface area contributed by atoms with Gasteiger partial charge in [-0.1, -0.05) is 29.3 Å². The molecule has 0 bridgehead atoms. The van der Waals surface area contributed by atoms with Crippen LogP contribution in [0.25, 0.3) is 38.1 Å². The van der Waals surface area contributed by atoms with Crippen molar-refractivity contribution in [1.82, 2.24) is 9.38 Å². The Hall–Kier alpha value is -3.74. The van der Waals surface area contributed by atoms with Crippen molar-refractivity contribution in [3.8, 4) is 17.2 Å². The van der Waals surface area contributed by atoms with E-state index >= 15 is 0 Å². The Labute approximate surface area is 209 Å². The first-order valence-corrected chi connectivity index (χ1v) is 11.6. The van der Waals surface area contributed by atoms with Gasteiger partial charge in [-0.15, -0.1) is 0 Å². The molecule has 3 aromatic heterocycles. The van der Waals surface area contributed by atoms with E-state index in [1.165, 1.54) is 7.11 Å². The van der Waals surface area contributed by atoms with E-state index in [-0.39, 0.29) is 12.2 Å². The van der Waals surface area contributed by atoms with Crippen LogP contribution in [-0.2, 0) is 6.61 Å². The van der Waals surface area contributed by atoms with Crippen molar-refractivity contribution in [3.05, 3.63) is 86.8 Å². The molecule has 6 nitrogen and oxygen atoms in total. The van der Waals surface area contributed by atoms with Crippen LogP contribution in [0.2, 0.25) is 10.0 Å². The number of rotatable bonds is 5. The van der Waals surface area contributed by atoms with E-state index < -0.39 is 0 Å². The molecule has 3 heterocycles. The van der Waals surface area contributed by atoms with Crippen LogP contribution >= 0.6 is 23.2 Å². The Morgan fingerprint density at radius 2 is 1.77 bits per heavy atom. The quantitative estimate of drug-likeness (QED) is 0.251. The van der Waals surface area contributed by atoms with Crippen LogP contribution in [0.5, 0.6) is 17.2 Å². The van der Waals surface area contributed by atoms with Gasteiger partial charge in [0.25, 0.3) is 5.56 Å². The monoisotopic (exact) mass is 504 g/mol. The molecular formula is C27H18Cl2N2O4. The van der Waals surface area contributed by atoms with Crippen molar-refractivity contribution in [3.63, 3.8) is 0 Å². The van der Waals surface area contributed by atoms with E-state index in [2.05, 4.69) is 4.98 Å². The summed E-state index contributed by atoms with van der Waals surface area (Å²) in [5.41, 5.74) is 2.86. The summed E-state index contributed by atoms with van der Waals surface area (Å²) in [7, 11) is 3.07.